The maximum Gasteiger partial charge on any atom is 0.0342 e. The smallest absolute Gasteiger partial charge is 0.0342 e. The van der Waals surface area contributed by atoms with Crippen molar-refractivity contribution < 1.29 is 0 Å². The zero-order valence-corrected chi connectivity index (χ0v) is 11.3. The Bertz CT molecular complexity index is 316. The van der Waals surface area contributed by atoms with E-state index in [0.717, 1.165) is 6.42 Å². The maximum atomic E-state index is 2.22. The predicted molar refractivity (Wildman–Crippen MR) is 74.4 cm³/mol. The molecule has 0 aliphatic heterocycles. The lowest BCUT2D eigenvalue weighted by molar-refractivity contribution is 1.43. The third kappa shape index (κ3) is 4.05. The van der Waals surface area contributed by atoms with E-state index in [4.69, 9.17) is 0 Å². The second-order valence-corrected chi connectivity index (χ2v) is 3.65. The first-order valence-corrected chi connectivity index (χ1v) is 6.67. The van der Waals surface area contributed by atoms with Crippen molar-refractivity contribution in [1.29, 1.82) is 0 Å². The quantitative estimate of drug-likeness (QED) is 0.540. The highest BCUT2D eigenvalue weighted by Crippen LogP contribution is 2.26. The Hall–Kier alpha value is -0.820. The predicted octanol–water partition coefficient (Wildman–Crippen LogP) is 5.54. The standard InChI is InChI=1S/C10H10S.2C2H6/c1-8-7-11-10-6-4-2-3-5-9(8)10;2*1-2/h3-7H,2H2,1H3;2*1-2H3. The summed E-state index contributed by atoms with van der Waals surface area (Å²) in [5.41, 5.74) is 2.80. The Balaban J connectivity index is 0.000000442. The Morgan fingerprint density at radius 1 is 1.00 bits per heavy atom. The molecule has 15 heavy (non-hydrogen) atoms. The molecule has 0 saturated heterocycles. The summed E-state index contributed by atoms with van der Waals surface area (Å²) in [5.74, 6) is 0. The molecule has 1 heterocycles. The van der Waals surface area contributed by atoms with Crippen LogP contribution in [-0.2, 0) is 0 Å². The zero-order chi connectivity index (χ0) is 11.7. The van der Waals surface area contributed by atoms with Crippen molar-refractivity contribution in [3.05, 3.63) is 33.5 Å². The first kappa shape index (κ1) is 14.2. The second-order valence-electron chi connectivity index (χ2n) is 2.74. The van der Waals surface area contributed by atoms with Crippen molar-refractivity contribution in [3.8, 4) is 0 Å². The van der Waals surface area contributed by atoms with Gasteiger partial charge in [0.1, 0.15) is 0 Å². The number of rotatable bonds is 0. The first-order valence-electron chi connectivity index (χ1n) is 5.79. The molecule has 1 aromatic rings. The van der Waals surface area contributed by atoms with Crippen molar-refractivity contribution in [2.24, 2.45) is 0 Å². The minimum atomic E-state index is 1.07. The molecule has 1 aliphatic carbocycles. The van der Waals surface area contributed by atoms with Crippen molar-refractivity contribution in [1.82, 2.24) is 0 Å². The minimum absolute atomic E-state index is 1.07. The lowest BCUT2D eigenvalue weighted by atomic mass is 10.1. The summed E-state index contributed by atoms with van der Waals surface area (Å²) in [6, 6.07) is 0. The van der Waals surface area contributed by atoms with E-state index in [0.29, 0.717) is 0 Å². The Labute approximate surface area is 98.3 Å². The number of allylic oxidation sites excluding steroid dienone is 2. The van der Waals surface area contributed by atoms with Gasteiger partial charge in [-0.3, -0.25) is 0 Å². The lowest BCUT2D eigenvalue weighted by Gasteiger charge is -1.90. The van der Waals surface area contributed by atoms with Crippen LogP contribution in [0.15, 0.2) is 17.5 Å². The maximum absolute atomic E-state index is 2.22. The minimum Gasteiger partial charge on any atom is -0.144 e. The van der Waals surface area contributed by atoms with Gasteiger partial charge in [-0.25, -0.2) is 0 Å². The van der Waals surface area contributed by atoms with E-state index in [9.17, 15) is 0 Å². The molecule has 0 saturated carbocycles. The highest BCUT2D eigenvalue weighted by molar-refractivity contribution is 7.11. The molecule has 1 aliphatic rings. The van der Waals surface area contributed by atoms with E-state index in [2.05, 4.69) is 36.6 Å². The van der Waals surface area contributed by atoms with E-state index in [1.165, 1.54) is 16.0 Å². The summed E-state index contributed by atoms with van der Waals surface area (Å²) >= 11 is 1.83. The summed E-state index contributed by atoms with van der Waals surface area (Å²) in [7, 11) is 0. The largest absolute Gasteiger partial charge is 0.144 e. The first-order chi connectivity index (χ1) is 7.38. The van der Waals surface area contributed by atoms with Gasteiger partial charge in [-0.2, -0.15) is 0 Å². The molecule has 0 spiro atoms. The van der Waals surface area contributed by atoms with Crippen LogP contribution in [0.3, 0.4) is 0 Å². The van der Waals surface area contributed by atoms with Gasteiger partial charge in [-0.05, 0) is 35.9 Å². The SMILES string of the molecule is CC.CC.Cc1csc2c1C=CCC=C2. The zero-order valence-electron chi connectivity index (χ0n) is 10.5. The third-order valence-corrected chi connectivity index (χ3v) is 2.96. The highest BCUT2D eigenvalue weighted by Gasteiger charge is 2.03. The van der Waals surface area contributed by atoms with E-state index < -0.39 is 0 Å². The molecule has 0 unspecified atom stereocenters. The Kier molecular flexibility index (Phi) is 8.02. The summed E-state index contributed by atoms with van der Waals surface area (Å²) in [5, 5.41) is 2.21. The molecule has 0 nitrogen and oxygen atoms in total. The molecule has 0 radical (unpaired) electrons. The fourth-order valence-electron chi connectivity index (χ4n) is 1.26. The van der Waals surface area contributed by atoms with Crippen LogP contribution in [0.4, 0.5) is 0 Å². The van der Waals surface area contributed by atoms with Crippen LogP contribution < -0.4 is 0 Å². The summed E-state index contributed by atoms with van der Waals surface area (Å²) < 4.78 is 0. The van der Waals surface area contributed by atoms with Crippen LogP contribution in [0.2, 0.25) is 0 Å². The van der Waals surface area contributed by atoms with Crippen LogP contribution in [0, 0.1) is 6.92 Å². The van der Waals surface area contributed by atoms with E-state index in [1.807, 2.05) is 39.0 Å². The fraction of sp³-hybridized carbons (Fsp3) is 0.429. The van der Waals surface area contributed by atoms with Gasteiger partial charge in [-0.15, -0.1) is 11.3 Å². The van der Waals surface area contributed by atoms with Crippen LogP contribution in [0.25, 0.3) is 12.2 Å². The van der Waals surface area contributed by atoms with Gasteiger partial charge in [-0.1, -0.05) is 45.9 Å². The van der Waals surface area contributed by atoms with Gasteiger partial charge in [0.25, 0.3) is 0 Å². The van der Waals surface area contributed by atoms with E-state index in [-0.39, 0.29) is 0 Å². The lowest BCUT2D eigenvalue weighted by Crippen LogP contribution is -1.72. The number of thiophene rings is 1. The molecule has 0 N–H and O–H groups in total. The molecule has 0 atom stereocenters. The monoisotopic (exact) mass is 222 g/mol. The molecule has 1 heteroatoms. The van der Waals surface area contributed by atoms with E-state index in [1.54, 1.807) is 0 Å². The molecule has 1 aromatic heterocycles. The Morgan fingerprint density at radius 2 is 1.60 bits per heavy atom. The van der Waals surface area contributed by atoms with Gasteiger partial charge in [0.15, 0.2) is 0 Å². The Morgan fingerprint density at radius 3 is 2.27 bits per heavy atom. The molecule has 0 fully saturated rings. The van der Waals surface area contributed by atoms with Crippen LogP contribution in [-0.4, -0.2) is 0 Å². The summed E-state index contributed by atoms with van der Waals surface area (Å²) in [6.07, 6.45) is 9.93. The average molecular weight is 222 g/mol. The van der Waals surface area contributed by atoms with Crippen molar-refractivity contribution in [3.63, 3.8) is 0 Å². The molecule has 84 valence electrons. The molecule has 0 aromatic carbocycles. The molecule has 0 amide bonds. The van der Waals surface area contributed by atoms with Crippen LogP contribution >= 0.6 is 11.3 Å². The van der Waals surface area contributed by atoms with Gasteiger partial charge < -0.3 is 0 Å². The van der Waals surface area contributed by atoms with Gasteiger partial charge in [0.2, 0.25) is 0 Å². The van der Waals surface area contributed by atoms with Crippen LogP contribution in [0.5, 0.6) is 0 Å². The van der Waals surface area contributed by atoms with Crippen LogP contribution in [0.1, 0.15) is 50.1 Å². The van der Waals surface area contributed by atoms with Crippen molar-refractivity contribution in [2.75, 3.05) is 0 Å². The van der Waals surface area contributed by atoms with Gasteiger partial charge in [0, 0.05) is 4.88 Å². The topological polar surface area (TPSA) is 0 Å². The number of aryl methyl sites for hydroxylation is 1. The van der Waals surface area contributed by atoms with E-state index >= 15 is 0 Å². The van der Waals surface area contributed by atoms with Crippen molar-refractivity contribution >= 4 is 23.5 Å². The molecular weight excluding hydrogens is 200 g/mol. The molecule has 2 rings (SSSR count). The number of hydrogen-bond acceptors (Lipinski definition) is 1. The van der Waals surface area contributed by atoms with Gasteiger partial charge in [0.05, 0.1) is 0 Å². The fourth-order valence-corrected chi connectivity index (χ4v) is 2.22. The van der Waals surface area contributed by atoms with Crippen molar-refractivity contribution in [2.45, 2.75) is 41.0 Å². The van der Waals surface area contributed by atoms with Gasteiger partial charge >= 0.3 is 0 Å². The number of fused-ring (bicyclic) bond motifs is 1. The summed E-state index contributed by atoms with van der Waals surface area (Å²) in [6.45, 7) is 10.2. The number of hydrogen-bond donors (Lipinski definition) is 0. The third-order valence-electron chi connectivity index (χ3n) is 1.88. The average Bonchev–Trinajstić information content (AvgIpc) is 2.56. The summed E-state index contributed by atoms with van der Waals surface area (Å²) in [4.78, 5) is 1.40. The molecular formula is C14H22S. The highest BCUT2D eigenvalue weighted by atomic mass is 32.1. The molecule has 0 bridgehead atoms. The normalized spacial score (nSPS) is 11.5. The second kappa shape index (κ2) is 8.49.